The molecule has 1 aromatic carbocycles. The minimum absolute atomic E-state index is 0.0602. The zero-order valence-corrected chi connectivity index (χ0v) is 19.9. The van der Waals surface area contributed by atoms with Gasteiger partial charge in [-0.3, -0.25) is 14.4 Å². The first-order valence-electron chi connectivity index (χ1n) is 10.7. The van der Waals surface area contributed by atoms with Crippen molar-refractivity contribution in [1.82, 2.24) is 16.0 Å². The molecule has 184 valence electrons. The average Bonchev–Trinajstić information content (AvgIpc) is 2.74. The number of amides is 3. The number of nitrogens with one attached hydrogen (secondary N) is 3. The molecule has 0 saturated heterocycles. The van der Waals surface area contributed by atoms with Crippen molar-refractivity contribution in [2.24, 2.45) is 11.7 Å². The van der Waals surface area contributed by atoms with E-state index in [-0.39, 0.29) is 18.1 Å². The lowest BCUT2D eigenvalue weighted by atomic mass is 10.0. The van der Waals surface area contributed by atoms with E-state index >= 15 is 0 Å². The normalized spacial score (nSPS) is 15.6. The van der Waals surface area contributed by atoms with Crippen molar-refractivity contribution >= 4 is 36.3 Å². The van der Waals surface area contributed by atoms with Crippen LogP contribution in [0.4, 0.5) is 0 Å². The number of carbonyl (C=O) groups excluding carboxylic acids is 3. The topological polar surface area (TPSA) is 171 Å². The Balaban J connectivity index is 3.03. The molecule has 0 bridgehead atoms. The smallest absolute Gasteiger partial charge is 0.327 e. The maximum Gasteiger partial charge on any atom is 0.327 e. The van der Waals surface area contributed by atoms with Gasteiger partial charge in [0.1, 0.15) is 18.1 Å². The molecular weight excluding hydrogens is 448 g/mol. The van der Waals surface area contributed by atoms with E-state index < -0.39 is 54.0 Å². The van der Waals surface area contributed by atoms with Crippen LogP contribution in [0.1, 0.15) is 32.8 Å². The number of carboxylic acid groups (broad SMARTS) is 1. The maximum atomic E-state index is 12.9. The van der Waals surface area contributed by atoms with Gasteiger partial charge >= 0.3 is 5.97 Å². The Kier molecular flexibility index (Phi) is 11.9. The molecule has 3 amide bonds. The molecule has 5 atom stereocenters. The third-order valence-corrected chi connectivity index (χ3v) is 5.20. The fourth-order valence-electron chi connectivity index (χ4n) is 3.06. The third kappa shape index (κ3) is 9.80. The van der Waals surface area contributed by atoms with Crippen molar-refractivity contribution in [2.75, 3.05) is 5.75 Å². The van der Waals surface area contributed by atoms with Crippen molar-refractivity contribution in [3.8, 4) is 0 Å². The van der Waals surface area contributed by atoms with Gasteiger partial charge in [-0.25, -0.2) is 4.79 Å². The van der Waals surface area contributed by atoms with Gasteiger partial charge < -0.3 is 31.9 Å². The van der Waals surface area contributed by atoms with Crippen LogP contribution in [0.2, 0.25) is 0 Å². The molecule has 0 radical (unpaired) electrons. The van der Waals surface area contributed by atoms with E-state index in [9.17, 15) is 29.4 Å². The summed E-state index contributed by atoms with van der Waals surface area (Å²) in [5.74, 6) is -3.40. The number of aliphatic hydroxyl groups is 1. The Labute approximate surface area is 199 Å². The molecule has 0 fully saturated rings. The number of carbonyl (C=O) groups is 4. The van der Waals surface area contributed by atoms with E-state index in [1.807, 2.05) is 13.8 Å². The second-order valence-corrected chi connectivity index (χ2v) is 8.66. The van der Waals surface area contributed by atoms with Crippen LogP contribution in [-0.2, 0) is 25.6 Å². The summed E-state index contributed by atoms with van der Waals surface area (Å²) in [5.41, 5.74) is 6.58. The minimum atomic E-state index is -1.36. The first-order valence-corrected chi connectivity index (χ1v) is 11.3. The van der Waals surface area contributed by atoms with Gasteiger partial charge in [-0.05, 0) is 24.8 Å². The molecule has 0 aliphatic rings. The number of thiol groups is 1. The van der Waals surface area contributed by atoms with Crippen LogP contribution in [0.15, 0.2) is 30.3 Å². The number of aliphatic carboxylic acids is 1. The van der Waals surface area contributed by atoms with Crippen LogP contribution >= 0.6 is 12.6 Å². The number of benzene rings is 1. The highest BCUT2D eigenvalue weighted by atomic mass is 32.1. The second kappa shape index (κ2) is 13.8. The van der Waals surface area contributed by atoms with Gasteiger partial charge in [0.2, 0.25) is 17.7 Å². The fraction of sp³-hybridized carbons (Fsp3) is 0.545. The Morgan fingerprint density at radius 2 is 1.52 bits per heavy atom. The molecule has 0 spiro atoms. The highest BCUT2D eigenvalue weighted by molar-refractivity contribution is 7.80. The standard InChI is InChI=1S/C22H34N4O6S/c1-12(2)9-15(23)19(28)26-18(13(3)27)21(30)24-16(10-14-7-5-4-6-8-14)20(29)25-17(11-33)22(31)32/h4-8,12-13,15-18,27,33H,9-11,23H2,1-3H3,(H,24,30)(H,25,29)(H,26,28)(H,31,32). The second-order valence-electron chi connectivity index (χ2n) is 8.30. The lowest BCUT2D eigenvalue weighted by Crippen LogP contribution is -2.60. The molecule has 0 saturated carbocycles. The maximum absolute atomic E-state index is 12.9. The van der Waals surface area contributed by atoms with Gasteiger partial charge in [0.25, 0.3) is 0 Å². The van der Waals surface area contributed by atoms with Crippen LogP contribution in [0, 0.1) is 5.92 Å². The van der Waals surface area contributed by atoms with Crippen LogP contribution in [0.25, 0.3) is 0 Å². The zero-order valence-electron chi connectivity index (χ0n) is 19.0. The van der Waals surface area contributed by atoms with Gasteiger partial charge in [-0.15, -0.1) is 0 Å². The Morgan fingerprint density at radius 3 is 2.00 bits per heavy atom. The summed E-state index contributed by atoms with van der Waals surface area (Å²) in [6.07, 6.45) is -0.825. The first kappa shape index (κ1) is 28.4. The molecule has 0 aliphatic carbocycles. The van der Waals surface area contributed by atoms with Crippen molar-refractivity contribution in [1.29, 1.82) is 0 Å². The summed E-state index contributed by atoms with van der Waals surface area (Å²) in [6, 6.07) is 4.16. The molecule has 1 rings (SSSR count). The molecule has 0 heterocycles. The molecule has 1 aromatic rings. The fourth-order valence-corrected chi connectivity index (χ4v) is 3.31. The Bertz CT molecular complexity index is 805. The van der Waals surface area contributed by atoms with Gasteiger partial charge in [0, 0.05) is 12.2 Å². The number of nitrogens with two attached hydrogens (primary N) is 1. The summed E-state index contributed by atoms with van der Waals surface area (Å²) in [6.45, 7) is 5.12. The van der Waals surface area contributed by atoms with E-state index in [1.54, 1.807) is 30.3 Å². The predicted molar refractivity (Wildman–Crippen MR) is 127 cm³/mol. The number of hydrogen-bond donors (Lipinski definition) is 7. The van der Waals surface area contributed by atoms with E-state index in [4.69, 9.17) is 5.73 Å². The molecular formula is C22H34N4O6S. The number of rotatable bonds is 13. The van der Waals surface area contributed by atoms with E-state index in [0.29, 0.717) is 12.0 Å². The highest BCUT2D eigenvalue weighted by Crippen LogP contribution is 2.07. The number of hydrogen-bond acceptors (Lipinski definition) is 7. The number of carboxylic acids is 1. The molecule has 10 nitrogen and oxygen atoms in total. The highest BCUT2D eigenvalue weighted by Gasteiger charge is 2.32. The molecule has 0 aromatic heterocycles. The minimum Gasteiger partial charge on any atom is -0.480 e. The molecule has 7 N–H and O–H groups in total. The molecule has 33 heavy (non-hydrogen) atoms. The van der Waals surface area contributed by atoms with Crippen LogP contribution in [0.5, 0.6) is 0 Å². The third-order valence-electron chi connectivity index (χ3n) is 4.84. The molecule has 11 heteroatoms. The zero-order chi connectivity index (χ0) is 25.1. The lowest BCUT2D eigenvalue weighted by molar-refractivity contribution is -0.141. The van der Waals surface area contributed by atoms with Gasteiger partial charge in [-0.2, -0.15) is 12.6 Å². The van der Waals surface area contributed by atoms with Crippen molar-refractivity contribution in [2.45, 2.75) is 63.9 Å². The van der Waals surface area contributed by atoms with Gasteiger partial charge in [0.05, 0.1) is 12.1 Å². The van der Waals surface area contributed by atoms with Crippen LogP contribution < -0.4 is 21.7 Å². The summed E-state index contributed by atoms with van der Waals surface area (Å²) >= 11 is 3.93. The quantitative estimate of drug-likeness (QED) is 0.185. The predicted octanol–water partition coefficient (Wildman–Crippen LogP) is -0.548. The molecule has 5 unspecified atom stereocenters. The van der Waals surface area contributed by atoms with Crippen LogP contribution in [0.3, 0.4) is 0 Å². The summed E-state index contributed by atoms with van der Waals surface area (Å²) in [4.78, 5) is 49.4. The Morgan fingerprint density at radius 1 is 0.939 bits per heavy atom. The van der Waals surface area contributed by atoms with Crippen molar-refractivity contribution in [3.63, 3.8) is 0 Å². The van der Waals surface area contributed by atoms with Crippen molar-refractivity contribution in [3.05, 3.63) is 35.9 Å². The van der Waals surface area contributed by atoms with E-state index in [1.165, 1.54) is 6.92 Å². The lowest BCUT2D eigenvalue weighted by Gasteiger charge is -2.26. The van der Waals surface area contributed by atoms with E-state index in [0.717, 1.165) is 0 Å². The summed E-state index contributed by atoms with van der Waals surface area (Å²) in [5, 5.41) is 26.6. The molecule has 0 aliphatic heterocycles. The monoisotopic (exact) mass is 482 g/mol. The van der Waals surface area contributed by atoms with Crippen LogP contribution in [-0.4, -0.2) is 69.9 Å². The summed E-state index contributed by atoms with van der Waals surface area (Å²) in [7, 11) is 0. The van der Waals surface area contributed by atoms with Crippen molar-refractivity contribution < 1.29 is 29.4 Å². The van der Waals surface area contributed by atoms with Gasteiger partial charge in [0.15, 0.2) is 0 Å². The van der Waals surface area contributed by atoms with Gasteiger partial charge in [-0.1, -0.05) is 44.2 Å². The largest absolute Gasteiger partial charge is 0.480 e. The van der Waals surface area contributed by atoms with E-state index in [2.05, 4.69) is 28.6 Å². The first-order chi connectivity index (χ1) is 15.5. The SMILES string of the molecule is CC(C)CC(N)C(=O)NC(C(=O)NC(Cc1ccccc1)C(=O)NC(CS)C(=O)O)C(C)O. The Hall–Kier alpha value is -2.63. The summed E-state index contributed by atoms with van der Waals surface area (Å²) < 4.78 is 0. The average molecular weight is 483 g/mol. The number of aliphatic hydroxyl groups excluding tert-OH is 1.